The fourth-order valence-corrected chi connectivity index (χ4v) is 2.16. The summed E-state index contributed by atoms with van der Waals surface area (Å²) in [6, 6.07) is 1.74. The second-order valence-electron chi connectivity index (χ2n) is 5.35. The predicted octanol–water partition coefficient (Wildman–Crippen LogP) is 4.33. The minimum absolute atomic E-state index is 0.0482. The van der Waals surface area contributed by atoms with Crippen molar-refractivity contribution in [2.24, 2.45) is 0 Å². The van der Waals surface area contributed by atoms with Crippen molar-refractivity contribution in [2.75, 3.05) is 18.5 Å². The Hall–Kier alpha value is -2.17. The molecule has 148 valence electrons. The molecular weight excluding hydrogens is 404 g/mol. The van der Waals surface area contributed by atoms with E-state index in [9.17, 15) is 31.4 Å². The van der Waals surface area contributed by atoms with Gasteiger partial charge in [-0.2, -0.15) is 13.2 Å². The maximum absolute atomic E-state index is 13.9. The first-order valence-electron chi connectivity index (χ1n) is 7.29. The molecular formula is C16H12ClF6NO3. The molecule has 11 heteroatoms. The number of alkyl halides is 3. The molecule has 0 radical (unpaired) electrons. The molecule has 0 saturated carbocycles. The number of aliphatic hydroxyl groups excluding tert-OH is 2. The van der Waals surface area contributed by atoms with Gasteiger partial charge in [-0.05, 0) is 18.2 Å². The molecule has 0 heterocycles. The Morgan fingerprint density at radius 3 is 2.15 bits per heavy atom. The van der Waals surface area contributed by atoms with E-state index < -0.39 is 58.4 Å². The van der Waals surface area contributed by atoms with Crippen LogP contribution in [0.5, 0.6) is 11.5 Å². The summed E-state index contributed by atoms with van der Waals surface area (Å²) in [6.45, 7) is -0.870. The number of hydrogen-bond acceptors (Lipinski definition) is 4. The van der Waals surface area contributed by atoms with Gasteiger partial charge in [-0.25, -0.2) is 13.2 Å². The van der Waals surface area contributed by atoms with Crippen LogP contribution in [0, 0.1) is 17.5 Å². The first-order chi connectivity index (χ1) is 12.5. The van der Waals surface area contributed by atoms with Crippen molar-refractivity contribution in [1.29, 1.82) is 0 Å². The lowest BCUT2D eigenvalue weighted by molar-refractivity contribution is -0.138. The van der Waals surface area contributed by atoms with Crippen molar-refractivity contribution >= 4 is 17.3 Å². The summed E-state index contributed by atoms with van der Waals surface area (Å²) < 4.78 is 84.2. The van der Waals surface area contributed by atoms with Gasteiger partial charge in [0, 0.05) is 12.6 Å². The molecule has 1 atom stereocenters. The van der Waals surface area contributed by atoms with Crippen LogP contribution < -0.4 is 10.1 Å². The zero-order valence-corrected chi connectivity index (χ0v) is 14.0. The standard InChI is InChI=1S/C16H12ClF6NO3/c17-9-3-10(18)13(24-5-8(26)6-25)4-14(9)27-15-11(19)1-7(2-12(15)20)16(21,22)23/h1-4,8,24-26H,5-6H2. The molecule has 2 rings (SSSR count). The van der Waals surface area contributed by atoms with Crippen molar-refractivity contribution < 1.29 is 41.3 Å². The largest absolute Gasteiger partial charge is 0.450 e. The lowest BCUT2D eigenvalue weighted by Gasteiger charge is -2.15. The molecule has 4 nitrogen and oxygen atoms in total. The van der Waals surface area contributed by atoms with Crippen LogP contribution in [0.25, 0.3) is 0 Å². The average Bonchev–Trinajstić information content (AvgIpc) is 2.57. The minimum Gasteiger partial charge on any atom is -0.450 e. The summed E-state index contributed by atoms with van der Waals surface area (Å²) in [5.74, 6) is -5.76. The number of halogens is 7. The third-order valence-corrected chi connectivity index (χ3v) is 3.59. The first kappa shape index (κ1) is 21.1. The van der Waals surface area contributed by atoms with Gasteiger partial charge >= 0.3 is 6.18 Å². The molecule has 0 aliphatic rings. The molecule has 2 aromatic carbocycles. The van der Waals surface area contributed by atoms with Gasteiger partial charge in [-0.1, -0.05) is 11.6 Å². The number of rotatable bonds is 6. The Labute approximate surface area is 153 Å². The van der Waals surface area contributed by atoms with Crippen LogP contribution in [-0.4, -0.2) is 29.5 Å². The van der Waals surface area contributed by atoms with Crippen LogP contribution in [0.4, 0.5) is 32.0 Å². The highest BCUT2D eigenvalue weighted by molar-refractivity contribution is 6.32. The Morgan fingerprint density at radius 2 is 1.63 bits per heavy atom. The van der Waals surface area contributed by atoms with E-state index in [0.717, 1.165) is 12.1 Å². The molecule has 0 aliphatic carbocycles. The van der Waals surface area contributed by atoms with Crippen LogP contribution in [0.1, 0.15) is 5.56 Å². The Bertz CT molecular complexity index is 808. The summed E-state index contributed by atoms with van der Waals surface area (Å²) in [4.78, 5) is 0. The van der Waals surface area contributed by atoms with Crippen molar-refractivity contribution in [3.05, 3.63) is 52.3 Å². The molecule has 2 aromatic rings. The fourth-order valence-electron chi connectivity index (χ4n) is 1.97. The minimum atomic E-state index is -4.96. The highest BCUT2D eigenvalue weighted by Crippen LogP contribution is 2.38. The molecule has 0 amide bonds. The van der Waals surface area contributed by atoms with E-state index >= 15 is 0 Å². The number of hydrogen-bond donors (Lipinski definition) is 3. The van der Waals surface area contributed by atoms with E-state index in [1.807, 2.05) is 0 Å². The van der Waals surface area contributed by atoms with E-state index in [2.05, 4.69) is 5.32 Å². The van der Waals surface area contributed by atoms with Crippen molar-refractivity contribution in [2.45, 2.75) is 12.3 Å². The first-order valence-corrected chi connectivity index (χ1v) is 7.66. The van der Waals surface area contributed by atoms with Crippen molar-refractivity contribution in [1.82, 2.24) is 0 Å². The molecule has 0 aromatic heterocycles. The fraction of sp³-hybridized carbons (Fsp3) is 0.250. The number of nitrogens with one attached hydrogen (secondary N) is 1. The van der Waals surface area contributed by atoms with E-state index in [0.29, 0.717) is 0 Å². The smallest absolute Gasteiger partial charge is 0.416 e. The Balaban J connectivity index is 2.34. The van der Waals surface area contributed by atoms with Gasteiger partial charge in [0.1, 0.15) is 11.6 Å². The summed E-state index contributed by atoms with van der Waals surface area (Å²) in [7, 11) is 0. The highest BCUT2D eigenvalue weighted by Gasteiger charge is 2.33. The highest BCUT2D eigenvalue weighted by atomic mass is 35.5. The van der Waals surface area contributed by atoms with Crippen molar-refractivity contribution in [3.8, 4) is 11.5 Å². The summed E-state index contributed by atoms with van der Waals surface area (Å²) in [5.41, 5.74) is -1.83. The van der Waals surface area contributed by atoms with E-state index in [1.165, 1.54) is 0 Å². The second kappa shape index (κ2) is 8.24. The van der Waals surface area contributed by atoms with E-state index in [-0.39, 0.29) is 24.4 Å². The van der Waals surface area contributed by atoms with Gasteiger partial charge < -0.3 is 20.3 Å². The Morgan fingerprint density at radius 1 is 1.04 bits per heavy atom. The molecule has 0 saturated heterocycles. The topological polar surface area (TPSA) is 61.7 Å². The van der Waals surface area contributed by atoms with Gasteiger partial charge in [0.25, 0.3) is 0 Å². The molecule has 3 N–H and O–H groups in total. The maximum Gasteiger partial charge on any atom is 0.416 e. The quantitative estimate of drug-likeness (QED) is 0.614. The predicted molar refractivity (Wildman–Crippen MR) is 84.4 cm³/mol. The normalized spacial score (nSPS) is 12.8. The number of anilines is 1. The molecule has 0 fully saturated rings. The lowest BCUT2D eigenvalue weighted by Crippen LogP contribution is -2.23. The number of ether oxygens (including phenoxy) is 1. The van der Waals surface area contributed by atoms with Gasteiger partial charge in [-0.15, -0.1) is 0 Å². The average molecular weight is 416 g/mol. The van der Waals surface area contributed by atoms with Crippen LogP contribution in [-0.2, 0) is 6.18 Å². The lowest BCUT2D eigenvalue weighted by atomic mass is 10.2. The van der Waals surface area contributed by atoms with E-state index in [1.54, 1.807) is 0 Å². The molecule has 1 unspecified atom stereocenters. The van der Waals surface area contributed by atoms with Gasteiger partial charge in [0.15, 0.2) is 17.4 Å². The second-order valence-corrected chi connectivity index (χ2v) is 5.76. The molecule has 0 spiro atoms. The van der Waals surface area contributed by atoms with Crippen molar-refractivity contribution in [3.63, 3.8) is 0 Å². The number of aliphatic hydroxyl groups is 2. The third-order valence-electron chi connectivity index (χ3n) is 3.30. The van der Waals surface area contributed by atoms with Crippen LogP contribution in [0.2, 0.25) is 5.02 Å². The van der Waals surface area contributed by atoms with Crippen LogP contribution in [0.15, 0.2) is 24.3 Å². The summed E-state index contributed by atoms with van der Waals surface area (Å²) >= 11 is 5.74. The van der Waals surface area contributed by atoms with Crippen LogP contribution in [0.3, 0.4) is 0 Å². The third kappa shape index (κ3) is 5.18. The van der Waals surface area contributed by atoms with E-state index in [4.69, 9.17) is 21.4 Å². The zero-order chi connectivity index (χ0) is 20.4. The summed E-state index contributed by atoms with van der Waals surface area (Å²) in [5, 5.41) is 20.0. The monoisotopic (exact) mass is 415 g/mol. The molecule has 0 bridgehead atoms. The Kier molecular flexibility index (Phi) is 6.45. The SMILES string of the molecule is OCC(O)CNc1cc(Oc2c(F)cc(C(F)(F)F)cc2F)c(Cl)cc1F. The van der Waals surface area contributed by atoms with Gasteiger partial charge in [0.05, 0.1) is 29.0 Å². The molecule has 27 heavy (non-hydrogen) atoms. The van der Waals surface area contributed by atoms with Crippen LogP contribution >= 0.6 is 11.6 Å². The maximum atomic E-state index is 13.9. The van der Waals surface area contributed by atoms with Gasteiger partial charge in [0.2, 0.25) is 0 Å². The summed E-state index contributed by atoms with van der Waals surface area (Å²) in [6.07, 6.45) is -6.17. The molecule has 0 aliphatic heterocycles. The number of benzene rings is 2. The zero-order valence-electron chi connectivity index (χ0n) is 13.2. The van der Waals surface area contributed by atoms with Gasteiger partial charge in [-0.3, -0.25) is 0 Å².